The zero-order valence-corrected chi connectivity index (χ0v) is 17.5. The molecular formula is C22H21F3N2O3S. The summed E-state index contributed by atoms with van der Waals surface area (Å²) in [6, 6.07) is 7.67. The molecule has 1 aromatic heterocycles. The van der Waals surface area contributed by atoms with Crippen LogP contribution in [0.1, 0.15) is 30.7 Å². The zero-order valence-electron chi connectivity index (χ0n) is 16.7. The van der Waals surface area contributed by atoms with E-state index < -0.39 is 27.3 Å². The Morgan fingerprint density at radius 3 is 2.42 bits per heavy atom. The van der Waals surface area contributed by atoms with Crippen molar-refractivity contribution in [3.63, 3.8) is 0 Å². The van der Waals surface area contributed by atoms with Crippen LogP contribution in [0.25, 0.3) is 22.2 Å². The van der Waals surface area contributed by atoms with Gasteiger partial charge in [-0.1, -0.05) is 0 Å². The number of hydrogen-bond donors (Lipinski definition) is 2. The van der Waals surface area contributed by atoms with Crippen LogP contribution in [0.15, 0.2) is 36.4 Å². The monoisotopic (exact) mass is 450 g/mol. The first-order valence-corrected chi connectivity index (χ1v) is 11.9. The van der Waals surface area contributed by atoms with Crippen molar-refractivity contribution in [1.29, 1.82) is 0 Å². The summed E-state index contributed by atoms with van der Waals surface area (Å²) in [7, 11) is -3.22. The first-order chi connectivity index (χ1) is 14.6. The molecule has 1 aliphatic carbocycles. The maximum Gasteiger partial charge on any atom is 0.221 e. The minimum Gasteiger partial charge on any atom is -0.353 e. The van der Waals surface area contributed by atoms with Crippen LogP contribution in [-0.2, 0) is 14.6 Å². The molecule has 3 aromatic rings. The second kappa shape index (κ2) is 8.03. The van der Waals surface area contributed by atoms with Crippen molar-refractivity contribution in [2.75, 3.05) is 12.0 Å². The van der Waals surface area contributed by atoms with Crippen LogP contribution in [0, 0.1) is 17.5 Å². The number of benzene rings is 2. The summed E-state index contributed by atoms with van der Waals surface area (Å²) >= 11 is 0. The lowest BCUT2D eigenvalue weighted by molar-refractivity contribution is -0.122. The van der Waals surface area contributed by atoms with E-state index in [1.807, 2.05) is 0 Å². The van der Waals surface area contributed by atoms with Gasteiger partial charge < -0.3 is 10.3 Å². The molecule has 0 atom stereocenters. The van der Waals surface area contributed by atoms with E-state index in [4.69, 9.17) is 0 Å². The van der Waals surface area contributed by atoms with Gasteiger partial charge >= 0.3 is 0 Å². The minimum atomic E-state index is -3.22. The number of sulfone groups is 1. The normalized spacial score (nSPS) is 18.7. The van der Waals surface area contributed by atoms with Crippen molar-refractivity contribution in [1.82, 2.24) is 10.3 Å². The molecular weight excluding hydrogens is 429 g/mol. The summed E-state index contributed by atoms with van der Waals surface area (Å²) in [4.78, 5) is 15.0. The summed E-state index contributed by atoms with van der Waals surface area (Å²) < 4.78 is 64.2. The van der Waals surface area contributed by atoms with Gasteiger partial charge in [-0.2, -0.15) is 0 Å². The third-order valence-electron chi connectivity index (χ3n) is 5.61. The van der Waals surface area contributed by atoms with E-state index in [0.29, 0.717) is 29.5 Å². The highest BCUT2D eigenvalue weighted by Gasteiger charge is 2.35. The standard InChI is InChI=1S/C22H21F3N2O3S/c1-31(29,30)7-6-19(28)26-16-8-13(9-16)20-17-10-15(24)11-18(25)22(17)27-21(20)12-2-4-14(23)5-3-12/h2-5,10-11,13,16,27H,6-9H2,1H3,(H,26,28). The van der Waals surface area contributed by atoms with Gasteiger partial charge in [0, 0.05) is 30.2 Å². The Bertz CT molecular complexity index is 1250. The third-order valence-corrected chi connectivity index (χ3v) is 6.55. The molecule has 5 nitrogen and oxygen atoms in total. The third kappa shape index (κ3) is 4.61. The van der Waals surface area contributed by atoms with Crippen LogP contribution in [0.4, 0.5) is 13.2 Å². The number of carbonyl (C=O) groups is 1. The Morgan fingerprint density at radius 1 is 1.10 bits per heavy atom. The fourth-order valence-electron chi connectivity index (χ4n) is 4.06. The fraction of sp³-hybridized carbons (Fsp3) is 0.318. The molecule has 1 amide bonds. The number of halogens is 3. The Balaban J connectivity index is 1.59. The number of amides is 1. The van der Waals surface area contributed by atoms with E-state index in [-0.39, 0.29) is 35.6 Å². The van der Waals surface area contributed by atoms with Gasteiger partial charge in [-0.3, -0.25) is 4.79 Å². The van der Waals surface area contributed by atoms with Gasteiger partial charge in [0.2, 0.25) is 5.91 Å². The van der Waals surface area contributed by atoms with Crippen molar-refractivity contribution in [2.24, 2.45) is 0 Å². The molecule has 4 rings (SSSR count). The van der Waals surface area contributed by atoms with Crippen molar-refractivity contribution in [3.8, 4) is 11.3 Å². The smallest absolute Gasteiger partial charge is 0.221 e. The summed E-state index contributed by atoms with van der Waals surface area (Å²) in [5.74, 6) is -2.45. The van der Waals surface area contributed by atoms with E-state index in [1.165, 1.54) is 18.2 Å². The molecule has 0 radical (unpaired) electrons. The topological polar surface area (TPSA) is 79.0 Å². The van der Waals surface area contributed by atoms with Crippen molar-refractivity contribution < 1.29 is 26.4 Å². The van der Waals surface area contributed by atoms with Crippen molar-refractivity contribution in [2.45, 2.75) is 31.2 Å². The van der Waals surface area contributed by atoms with Gasteiger partial charge in [-0.15, -0.1) is 0 Å². The SMILES string of the molecule is CS(=O)(=O)CCC(=O)NC1CC(c2c(-c3ccc(F)cc3)[nH]c3c(F)cc(F)cc23)C1. The predicted molar refractivity (Wildman–Crippen MR) is 112 cm³/mol. The maximum atomic E-state index is 14.4. The molecule has 1 heterocycles. The first-order valence-electron chi connectivity index (χ1n) is 9.84. The Kier molecular flexibility index (Phi) is 5.55. The van der Waals surface area contributed by atoms with Gasteiger partial charge in [0.1, 0.15) is 27.3 Å². The number of aromatic nitrogens is 1. The molecule has 0 spiro atoms. The van der Waals surface area contributed by atoms with E-state index >= 15 is 0 Å². The average Bonchev–Trinajstić information content (AvgIpc) is 3.02. The molecule has 2 aromatic carbocycles. The quantitative estimate of drug-likeness (QED) is 0.595. The highest BCUT2D eigenvalue weighted by atomic mass is 32.2. The Labute approximate surface area is 177 Å². The van der Waals surface area contributed by atoms with Crippen LogP contribution in [0.2, 0.25) is 0 Å². The summed E-state index contributed by atoms with van der Waals surface area (Å²) in [6.45, 7) is 0. The number of hydrogen-bond acceptors (Lipinski definition) is 3. The summed E-state index contributed by atoms with van der Waals surface area (Å²) in [5, 5.41) is 3.23. The van der Waals surface area contributed by atoms with Gasteiger partial charge in [0.15, 0.2) is 0 Å². The molecule has 0 unspecified atom stereocenters. The summed E-state index contributed by atoms with van der Waals surface area (Å²) in [5.41, 5.74) is 2.14. The second-order valence-electron chi connectivity index (χ2n) is 8.04. The molecule has 164 valence electrons. The number of aromatic amines is 1. The van der Waals surface area contributed by atoms with E-state index in [0.717, 1.165) is 17.9 Å². The van der Waals surface area contributed by atoms with Crippen LogP contribution < -0.4 is 5.32 Å². The van der Waals surface area contributed by atoms with Gasteiger partial charge in [-0.25, -0.2) is 21.6 Å². The van der Waals surface area contributed by atoms with E-state index in [9.17, 15) is 26.4 Å². The Hall–Kier alpha value is -2.81. The first kappa shape index (κ1) is 21.4. The van der Waals surface area contributed by atoms with Gasteiger partial charge in [0.25, 0.3) is 0 Å². The lowest BCUT2D eigenvalue weighted by atomic mass is 9.74. The zero-order chi connectivity index (χ0) is 22.3. The van der Waals surface area contributed by atoms with Crippen LogP contribution in [0.5, 0.6) is 0 Å². The van der Waals surface area contributed by atoms with Crippen LogP contribution in [-0.4, -0.2) is 37.4 Å². The molecule has 2 N–H and O–H groups in total. The van der Waals surface area contributed by atoms with E-state index in [2.05, 4.69) is 10.3 Å². The lowest BCUT2D eigenvalue weighted by Crippen LogP contribution is -2.43. The van der Waals surface area contributed by atoms with Crippen molar-refractivity contribution in [3.05, 3.63) is 59.4 Å². The highest BCUT2D eigenvalue weighted by Crippen LogP contribution is 2.45. The lowest BCUT2D eigenvalue weighted by Gasteiger charge is -2.36. The number of carbonyl (C=O) groups excluding carboxylic acids is 1. The Morgan fingerprint density at radius 2 is 1.77 bits per heavy atom. The number of H-pyrrole nitrogens is 1. The molecule has 0 bridgehead atoms. The van der Waals surface area contributed by atoms with Gasteiger partial charge in [0.05, 0.1) is 17.0 Å². The van der Waals surface area contributed by atoms with Gasteiger partial charge in [-0.05, 0) is 60.2 Å². The largest absolute Gasteiger partial charge is 0.353 e. The second-order valence-corrected chi connectivity index (χ2v) is 10.3. The molecule has 9 heteroatoms. The number of nitrogens with one attached hydrogen (secondary N) is 2. The minimum absolute atomic E-state index is 0.0739. The van der Waals surface area contributed by atoms with E-state index in [1.54, 1.807) is 12.1 Å². The van der Waals surface area contributed by atoms with Crippen LogP contribution in [0.3, 0.4) is 0 Å². The number of fused-ring (bicyclic) bond motifs is 1. The fourth-order valence-corrected chi connectivity index (χ4v) is 4.61. The average molecular weight is 450 g/mol. The number of rotatable bonds is 6. The molecule has 0 aliphatic heterocycles. The molecule has 1 saturated carbocycles. The highest BCUT2D eigenvalue weighted by molar-refractivity contribution is 7.90. The van der Waals surface area contributed by atoms with Crippen LogP contribution >= 0.6 is 0 Å². The maximum absolute atomic E-state index is 14.4. The molecule has 0 saturated heterocycles. The molecule has 1 fully saturated rings. The van der Waals surface area contributed by atoms with Crippen molar-refractivity contribution >= 4 is 26.6 Å². The predicted octanol–water partition coefficient (Wildman–Crippen LogP) is 4.05. The molecule has 1 aliphatic rings. The molecule has 31 heavy (non-hydrogen) atoms. The summed E-state index contributed by atoms with van der Waals surface area (Å²) in [6.07, 6.45) is 2.06.